The Morgan fingerprint density at radius 2 is 1.71 bits per heavy atom. The third-order valence-corrected chi connectivity index (χ3v) is 3.90. The quantitative estimate of drug-likeness (QED) is 0.783. The van der Waals surface area contributed by atoms with Crippen LogP contribution in [0.2, 0.25) is 5.02 Å². The smallest absolute Gasteiger partial charge is 0.131 e. The van der Waals surface area contributed by atoms with Crippen LogP contribution < -0.4 is 5.73 Å². The fraction of sp³-hybridized carbons (Fsp3) is 0.235. The van der Waals surface area contributed by atoms with Crippen LogP contribution in [0, 0.1) is 0 Å². The first-order chi connectivity index (χ1) is 10.1. The predicted octanol–water partition coefficient (Wildman–Crippen LogP) is 4.32. The Labute approximate surface area is 129 Å². The Hall–Kier alpha value is -1.84. The zero-order valence-corrected chi connectivity index (χ0v) is 12.9. The average molecular weight is 300 g/mol. The van der Waals surface area contributed by atoms with Crippen LogP contribution in [0.4, 0.5) is 0 Å². The summed E-state index contributed by atoms with van der Waals surface area (Å²) in [5, 5.41) is 0.711. The summed E-state index contributed by atoms with van der Waals surface area (Å²) >= 11 is 5.95. The monoisotopic (exact) mass is 299 g/mol. The van der Waals surface area contributed by atoms with E-state index < -0.39 is 0 Å². The summed E-state index contributed by atoms with van der Waals surface area (Å²) in [5.41, 5.74) is 9.55. The fourth-order valence-electron chi connectivity index (χ4n) is 2.64. The molecule has 3 nitrogen and oxygen atoms in total. The number of rotatable bonds is 3. The van der Waals surface area contributed by atoms with Crippen molar-refractivity contribution >= 4 is 22.6 Å². The van der Waals surface area contributed by atoms with E-state index >= 15 is 0 Å². The first-order valence-corrected chi connectivity index (χ1v) is 7.43. The number of benzene rings is 2. The molecule has 0 saturated heterocycles. The number of para-hydroxylation sites is 2. The van der Waals surface area contributed by atoms with Crippen molar-refractivity contribution in [1.29, 1.82) is 0 Å². The van der Waals surface area contributed by atoms with Crippen molar-refractivity contribution in [1.82, 2.24) is 9.55 Å². The Kier molecular flexibility index (Phi) is 3.70. The van der Waals surface area contributed by atoms with Crippen LogP contribution in [0.1, 0.15) is 37.3 Å². The van der Waals surface area contributed by atoms with Crippen LogP contribution >= 0.6 is 11.6 Å². The highest BCUT2D eigenvalue weighted by Gasteiger charge is 2.19. The van der Waals surface area contributed by atoms with E-state index in [0.29, 0.717) is 11.1 Å². The van der Waals surface area contributed by atoms with Crippen molar-refractivity contribution in [2.75, 3.05) is 0 Å². The van der Waals surface area contributed by atoms with Crippen molar-refractivity contribution in [2.45, 2.75) is 25.9 Å². The molecule has 0 aliphatic carbocycles. The minimum atomic E-state index is -0.267. The van der Waals surface area contributed by atoms with Gasteiger partial charge in [0.15, 0.2) is 0 Å². The van der Waals surface area contributed by atoms with Crippen molar-refractivity contribution in [2.24, 2.45) is 5.73 Å². The molecule has 0 aliphatic rings. The molecule has 1 unspecified atom stereocenters. The lowest BCUT2D eigenvalue weighted by molar-refractivity contribution is 0.567. The second-order valence-electron chi connectivity index (χ2n) is 5.45. The van der Waals surface area contributed by atoms with E-state index in [1.807, 2.05) is 42.5 Å². The summed E-state index contributed by atoms with van der Waals surface area (Å²) < 4.78 is 2.20. The zero-order chi connectivity index (χ0) is 15.0. The van der Waals surface area contributed by atoms with E-state index in [1.54, 1.807) is 0 Å². The van der Waals surface area contributed by atoms with E-state index in [2.05, 4.69) is 24.5 Å². The molecule has 3 aromatic rings. The molecule has 2 N–H and O–H groups in total. The van der Waals surface area contributed by atoms with Gasteiger partial charge in [0, 0.05) is 11.1 Å². The highest BCUT2D eigenvalue weighted by atomic mass is 35.5. The summed E-state index contributed by atoms with van der Waals surface area (Å²) in [6, 6.07) is 15.8. The van der Waals surface area contributed by atoms with Crippen LogP contribution in [0.3, 0.4) is 0 Å². The summed E-state index contributed by atoms with van der Waals surface area (Å²) in [5.74, 6) is 0.883. The molecule has 1 aromatic heterocycles. The van der Waals surface area contributed by atoms with Crippen LogP contribution in [0.25, 0.3) is 11.0 Å². The number of nitrogens with two attached hydrogens (primary N) is 1. The molecule has 0 radical (unpaired) electrons. The maximum atomic E-state index is 6.44. The van der Waals surface area contributed by atoms with Crippen molar-refractivity contribution < 1.29 is 0 Å². The largest absolute Gasteiger partial charge is 0.324 e. The molecule has 0 spiro atoms. The van der Waals surface area contributed by atoms with Gasteiger partial charge in [-0.3, -0.25) is 0 Å². The van der Waals surface area contributed by atoms with Crippen molar-refractivity contribution in [3.05, 3.63) is 64.9 Å². The number of imidazole rings is 1. The number of nitrogens with zero attached hydrogens (tertiary/aromatic N) is 2. The van der Waals surface area contributed by atoms with Crippen molar-refractivity contribution in [3.8, 4) is 0 Å². The molecule has 0 fully saturated rings. The van der Waals surface area contributed by atoms with Gasteiger partial charge in [0.05, 0.1) is 17.1 Å². The molecule has 1 heterocycles. The molecular weight excluding hydrogens is 282 g/mol. The average Bonchev–Trinajstić information content (AvgIpc) is 2.86. The first kappa shape index (κ1) is 14.1. The highest BCUT2D eigenvalue weighted by molar-refractivity contribution is 6.30. The molecule has 0 amide bonds. The van der Waals surface area contributed by atoms with E-state index in [1.165, 1.54) is 0 Å². The maximum Gasteiger partial charge on any atom is 0.131 e. The molecule has 108 valence electrons. The van der Waals surface area contributed by atoms with Gasteiger partial charge in [0.25, 0.3) is 0 Å². The SMILES string of the molecule is CC(C)n1c(C(N)c2ccc(Cl)cc2)nc2ccccc21. The van der Waals surface area contributed by atoms with Gasteiger partial charge < -0.3 is 10.3 Å². The molecular formula is C17H18ClN3. The molecule has 2 aromatic carbocycles. The summed E-state index contributed by atoms with van der Waals surface area (Å²) in [7, 11) is 0. The molecule has 0 aliphatic heterocycles. The van der Waals surface area contributed by atoms with E-state index in [-0.39, 0.29) is 6.04 Å². The minimum absolute atomic E-state index is 0.267. The Morgan fingerprint density at radius 3 is 2.38 bits per heavy atom. The summed E-state index contributed by atoms with van der Waals surface area (Å²) in [6.45, 7) is 4.29. The van der Waals surface area contributed by atoms with Gasteiger partial charge in [-0.05, 0) is 43.7 Å². The first-order valence-electron chi connectivity index (χ1n) is 7.06. The van der Waals surface area contributed by atoms with Gasteiger partial charge in [-0.1, -0.05) is 35.9 Å². The minimum Gasteiger partial charge on any atom is -0.324 e. The Morgan fingerprint density at radius 1 is 1.05 bits per heavy atom. The zero-order valence-electron chi connectivity index (χ0n) is 12.1. The van der Waals surface area contributed by atoms with Gasteiger partial charge in [-0.2, -0.15) is 0 Å². The molecule has 0 bridgehead atoms. The van der Waals surface area contributed by atoms with E-state index in [9.17, 15) is 0 Å². The molecule has 4 heteroatoms. The van der Waals surface area contributed by atoms with Gasteiger partial charge in [0.2, 0.25) is 0 Å². The number of aromatic nitrogens is 2. The number of hydrogen-bond acceptors (Lipinski definition) is 2. The fourth-order valence-corrected chi connectivity index (χ4v) is 2.77. The molecule has 3 rings (SSSR count). The molecule has 1 atom stereocenters. The predicted molar refractivity (Wildman–Crippen MR) is 87.6 cm³/mol. The standard InChI is InChI=1S/C17H18ClN3/c1-11(2)21-15-6-4-3-5-14(15)20-17(21)16(19)12-7-9-13(18)10-8-12/h3-11,16H,19H2,1-2H3. The topological polar surface area (TPSA) is 43.8 Å². The summed E-state index contributed by atoms with van der Waals surface area (Å²) in [6.07, 6.45) is 0. The lowest BCUT2D eigenvalue weighted by atomic mass is 10.1. The highest BCUT2D eigenvalue weighted by Crippen LogP contribution is 2.27. The van der Waals surface area contributed by atoms with Gasteiger partial charge in [-0.25, -0.2) is 4.98 Å². The summed E-state index contributed by atoms with van der Waals surface area (Å²) in [4.78, 5) is 4.74. The van der Waals surface area contributed by atoms with Crippen molar-refractivity contribution in [3.63, 3.8) is 0 Å². The van der Waals surface area contributed by atoms with Crippen LogP contribution in [-0.4, -0.2) is 9.55 Å². The molecule has 0 saturated carbocycles. The number of hydrogen-bond donors (Lipinski definition) is 1. The van der Waals surface area contributed by atoms with Crippen LogP contribution in [0.15, 0.2) is 48.5 Å². The Bertz CT molecular complexity index is 759. The lowest BCUT2D eigenvalue weighted by Gasteiger charge is -2.18. The number of fused-ring (bicyclic) bond motifs is 1. The van der Waals surface area contributed by atoms with E-state index in [0.717, 1.165) is 22.4 Å². The normalized spacial score (nSPS) is 13.0. The van der Waals surface area contributed by atoms with E-state index in [4.69, 9.17) is 22.3 Å². The van der Waals surface area contributed by atoms with Crippen LogP contribution in [0.5, 0.6) is 0 Å². The Balaban J connectivity index is 2.14. The maximum absolute atomic E-state index is 6.44. The molecule has 21 heavy (non-hydrogen) atoms. The third kappa shape index (κ3) is 2.55. The van der Waals surface area contributed by atoms with Gasteiger partial charge >= 0.3 is 0 Å². The third-order valence-electron chi connectivity index (χ3n) is 3.65. The lowest BCUT2D eigenvalue weighted by Crippen LogP contribution is -2.19. The van der Waals surface area contributed by atoms with Crippen LogP contribution in [-0.2, 0) is 0 Å². The number of halogens is 1. The second kappa shape index (κ2) is 5.51. The van der Waals surface area contributed by atoms with Gasteiger partial charge in [0.1, 0.15) is 5.82 Å². The van der Waals surface area contributed by atoms with Gasteiger partial charge in [-0.15, -0.1) is 0 Å². The second-order valence-corrected chi connectivity index (χ2v) is 5.89.